The van der Waals surface area contributed by atoms with E-state index in [0.29, 0.717) is 11.4 Å². The second-order valence-corrected chi connectivity index (χ2v) is 4.98. The first-order valence-corrected chi connectivity index (χ1v) is 6.69. The topological polar surface area (TPSA) is 67.2 Å². The molecule has 4 nitrogen and oxygen atoms in total. The third-order valence-corrected chi connectivity index (χ3v) is 3.59. The van der Waals surface area contributed by atoms with Crippen LogP contribution in [0, 0.1) is 5.82 Å². The Labute approximate surface area is 112 Å². The van der Waals surface area contributed by atoms with Crippen molar-refractivity contribution in [3.05, 3.63) is 23.5 Å². The van der Waals surface area contributed by atoms with Crippen molar-refractivity contribution in [1.82, 2.24) is 5.32 Å². The fourth-order valence-corrected chi connectivity index (χ4v) is 2.49. The molecule has 0 heterocycles. The van der Waals surface area contributed by atoms with E-state index in [2.05, 4.69) is 10.6 Å². The van der Waals surface area contributed by atoms with E-state index < -0.39 is 5.82 Å². The average Bonchev–Trinajstić information content (AvgIpc) is 2.42. The van der Waals surface area contributed by atoms with E-state index in [4.69, 9.17) is 5.73 Å². The number of benzene rings is 1. The Bertz CT molecular complexity index is 470. The van der Waals surface area contributed by atoms with E-state index in [9.17, 15) is 9.18 Å². The van der Waals surface area contributed by atoms with Crippen molar-refractivity contribution >= 4 is 17.3 Å². The fourth-order valence-electron chi connectivity index (χ4n) is 2.49. The summed E-state index contributed by atoms with van der Waals surface area (Å²) in [6.45, 7) is 0. The zero-order valence-electron chi connectivity index (χ0n) is 11.1. The van der Waals surface area contributed by atoms with Gasteiger partial charge < -0.3 is 16.4 Å². The van der Waals surface area contributed by atoms with E-state index >= 15 is 0 Å². The quantitative estimate of drug-likeness (QED) is 0.736. The highest BCUT2D eigenvalue weighted by Gasteiger charge is 2.19. The summed E-state index contributed by atoms with van der Waals surface area (Å²) in [5, 5.41) is 5.67. The van der Waals surface area contributed by atoms with E-state index in [1.54, 1.807) is 7.05 Å². The number of anilines is 2. The highest BCUT2D eigenvalue weighted by atomic mass is 19.1. The first kappa shape index (κ1) is 13.6. The summed E-state index contributed by atoms with van der Waals surface area (Å²) in [5.74, 6) is -0.925. The molecule has 19 heavy (non-hydrogen) atoms. The van der Waals surface area contributed by atoms with Crippen LogP contribution in [0.1, 0.15) is 42.5 Å². The van der Waals surface area contributed by atoms with Crippen LogP contribution in [0.25, 0.3) is 0 Å². The maximum absolute atomic E-state index is 13.9. The van der Waals surface area contributed by atoms with E-state index in [-0.39, 0.29) is 17.5 Å². The molecule has 1 fully saturated rings. The Kier molecular flexibility index (Phi) is 4.24. The van der Waals surface area contributed by atoms with Gasteiger partial charge >= 0.3 is 0 Å². The van der Waals surface area contributed by atoms with Gasteiger partial charge in [-0.05, 0) is 25.0 Å². The molecule has 1 aliphatic rings. The van der Waals surface area contributed by atoms with Crippen LogP contribution in [0.5, 0.6) is 0 Å². The molecule has 0 atom stereocenters. The molecule has 1 saturated carbocycles. The van der Waals surface area contributed by atoms with E-state index in [1.807, 2.05) is 0 Å². The minimum Gasteiger partial charge on any atom is -0.397 e. The average molecular weight is 265 g/mol. The number of carbonyl (C=O) groups excluding carboxylic acids is 1. The van der Waals surface area contributed by atoms with Crippen LogP contribution in [0.15, 0.2) is 12.1 Å². The maximum Gasteiger partial charge on any atom is 0.254 e. The number of hydrogen-bond acceptors (Lipinski definition) is 3. The molecular formula is C14H20FN3O. The molecule has 0 unspecified atom stereocenters. The third kappa shape index (κ3) is 3.16. The molecule has 0 aliphatic heterocycles. The van der Waals surface area contributed by atoms with Gasteiger partial charge in [0.2, 0.25) is 0 Å². The van der Waals surface area contributed by atoms with Crippen molar-refractivity contribution in [2.75, 3.05) is 18.1 Å². The summed E-state index contributed by atoms with van der Waals surface area (Å²) < 4.78 is 13.9. The Balaban J connectivity index is 2.12. The SMILES string of the molecule is CNc1cc(F)c(C(=O)NC2CCCCC2)cc1N. The molecule has 4 N–H and O–H groups in total. The van der Waals surface area contributed by atoms with Crippen molar-refractivity contribution in [2.45, 2.75) is 38.1 Å². The van der Waals surface area contributed by atoms with Crippen LogP contribution in [0.4, 0.5) is 15.8 Å². The summed E-state index contributed by atoms with van der Waals surface area (Å²) in [6, 6.07) is 2.80. The molecule has 1 amide bonds. The standard InChI is InChI=1S/C14H20FN3O/c1-17-13-8-11(15)10(7-12(13)16)14(19)18-9-5-3-2-4-6-9/h7-9,17H,2-6,16H2,1H3,(H,18,19). The molecule has 1 aliphatic carbocycles. The van der Waals surface area contributed by atoms with Crippen LogP contribution in [-0.4, -0.2) is 19.0 Å². The molecule has 2 rings (SSSR count). The van der Waals surface area contributed by atoms with Crippen LogP contribution in [0.3, 0.4) is 0 Å². The van der Waals surface area contributed by atoms with Crippen molar-refractivity contribution in [1.29, 1.82) is 0 Å². The van der Waals surface area contributed by atoms with Crippen LogP contribution in [0.2, 0.25) is 0 Å². The lowest BCUT2D eigenvalue weighted by Gasteiger charge is -2.23. The summed E-state index contributed by atoms with van der Waals surface area (Å²) in [7, 11) is 1.66. The zero-order chi connectivity index (χ0) is 13.8. The minimum atomic E-state index is -0.549. The molecule has 0 aromatic heterocycles. The summed E-state index contributed by atoms with van der Waals surface area (Å²) in [6.07, 6.45) is 5.39. The van der Waals surface area contributed by atoms with Gasteiger partial charge in [0.1, 0.15) is 5.82 Å². The fraction of sp³-hybridized carbons (Fsp3) is 0.500. The predicted octanol–water partition coefficient (Wildman–Crippen LogP) is 2.51. The Morgan fingerprint density at radius 1 is 1.32 bits per heavy atom. The van der Waals surface area contributed by atoms with Gasteiger partial charge in [0.25, 0.3) is 5.91 Å². The first-order valence-electron chi connectivity index (χ1n) is 6.69. The second kappa shape index (κ2) is 5.91. The van der Waals surface area contributed by atoms with Gasteiger partial charge in [-0.15, -0.1) is 0 Å². The number of amides is 1. The second-order valence-electron chi connectivity index (χ2n) is 4.98. The van der Waals surface area contributed by atoms with Gasteiger partial charge in [-0.2, -0.15) is 0 Å². The number of hydrogen-bond donors (Lipinski definition) is 3. The Morgan fingerprint density at radius 3 is 2.63 bits per heavy atom. The summed E-state index contributed by atoms with van der Waals surface area (Å²) in [4.78, 5) is 12.1. The normalized spacial score (nSPS) is 16.1. The lowest BCUT2D eigenvalue weighted by Crippen LogP contribution is -2.36. The first-order chi connectivity index (χ1) is 9.11. The van der Waals surface area contributed by atoms with E-state index in [1.165, 1.54) is 18.6 Å². The lowest BCUT2D eigenvalue weighted by atomic mass is 9.95. The molecule has 5 heteroatoms. The molecular weight excluding hydrogens is 245 g/mol. The lowest BCUT2D eigenvalue weighted by molar-refractivity contribution is 0.0923. The summed E-state index contributed by atoms with van der Waals surface area (Å²) >= 11 is 0. The largest absolute Gasteiger partial charge is 0.397 e. The molecule has 0 spiro atoms. The molecule has 0 saturated heterocycles. The Hall–Kier alpha value is -1.78. The number of nitrogens with one attached hydrogen (secondary N) is 2. The van der Waals surface area contributed by atoms with Gasteiger partial charge in [0.05, 0.1) is 16.9 Å². The molecule has 1 aromatic carbocycles. The highest BCUT2D eigenvalue weighted by Crippen LogP contribution is 2.23. The van der Waals surface area contributed by atoms with Gasteiger partial charge in [-0.25, -0.2) is 4.39 Å². The molecule has 0 bridgehead atoms. The maximum atomic E-state index is 13.9. The number of carbonyl (C=O) groups is 1. The molecule has 0 radical (unpaired) electrons. The van der Waals surface area contributed by atoms with Gasteiger partial charge in [-0.1, -0.05) is 19.3 Å². The number of rotatable bonds is 3. The summed E-state index contributed by atoms with van der Waals surface area (Å²) in [5.41, 5.74) is 6.64. The van der Waals surface area contributed by atoms with Gasteiger partial charge in [-0.3, -0.25) is 4.79 Å². The number of nitrogen functional groups attached to an aromatic ring is 1. The van der Waals surface area contributed by atoms with Gasteiger partial charge in [0, 0.05) is 13.1 Å². The van der Waals surface area contributed by atoms with Crippen molar-refractivity contribution in [2.24, 2.45) is 0 Å². The third-order valence-electron chi connectivity index (χ3n) is 3.59. The molecule has 1 aromatic rings. The number of nitrogens with two attached hydrogens (primary N) is 1. The predicted molar refractivity (Wildman–Crippen MR) is 74.7 cm³/mol. The van der Waals surface area contributed by atoms with Crippen molar-refractivity contribution in [3.63, 3.8) is 0 Å². The minimum absolute atomic E-state index is 0.0158. The molecule has 104 valence electrons. The smallest absolute Gasteiger partial charge is 0.254 e. The van der Waals surface area contributed by atoms with E-state index in [0.717, 1.165) is 25.7 Å². The van der Waals surface area contributed by atoms with Crippen LogP contribution in [-0.2, 0) is 0 Å². The van der Waals surface area contributed by atoms with Crippen LogP contribution >= 0.6 is 0 Å². The number of halogens is 1. The monoisotopic (exact) mass is 265 g/mol. The Morgan fingerprint density at radius 2 is 2.00 bits per heavy atom. The van der Waals surface area contributed by atoms with Crippen molar-refractivity contribution < 1.29 is 9.18 Å². The van der Waals surface area contributed by atoms with Gasteiger partial charge in [0.15, 0.2) is 0 Å². The van der Waals surface area contributed by atoms with Crippen molar-refractivity contribution in [3.8, 4) is 0 Å². The highest BCUT2D eigenvalue weighted by molar-refractivity contribution is 5.96. The van der Waals surface area contributed by atoms with Crippen LogP contribution < -0.4 is 16.4 Å². The zero-order valence-corrected chi connectivity index (χ0v) is 11.1.